The number of amides is 4. The van der Waals surface area contributed by atoms with Crippen LogP contribution in [-0.2, 0) is 25.5 Å². The van der Waals surface area contributed by atoms with Gasteiger partial charge >= 0.3 is 0 Å². The third kappa shape index (κ3) is 11.5. The van der Waals surface area contributed by atoms with Crippen LogP contribution in [0.4, 0.5) is 4.39 Å². The number of hydrogen-bond donors (Lipinski definition) is 2. The second-order valence-electron chi connectivity index (χ2n) is 15.7. The van der Waals surface area contributed by atoms with Gasteiger partial charge in [-0.05, 0) is 74.6 Å². The first kappa shape index (κ1) is 40.8. The number of hydrazone groups is 1. The predicted octanol–water partition coefficient (Wildman–Crippen LogP) is 3.83. The van der Waals surface area contributed by atoms with Gasteiger partial charge in [0.15, 0.2) is 0 Å². The first-order chi connectivity index (χ1) is 25.5. The molecule has 13 heteroatoms. The topological polar surface area (TPSA) is 127 Å². The van der Waals surface area contributed by atoms with Crippen LogP contribution >= 0.6 is 0 Å². The van der Waals surface area contributed by atoms with E-state index in [2.05, 4.69) is 32.6 Å². The second kappa shape index (κ2) is 19.8. The number of likely N-dealkylation sites (tertiary alicyclic amines) is 2. The fraction of sp³-hybridized carbons (Fsp3) is 0.725. The van der Waals surface area contributed by atoms with E-state index in [4.69, 9.17) is 4.74 Å². The number of carbonyl (C=O) groups excluding carboxylic acids is 4. The van der Waals surface area contributed by atoms with Crippen molar-refractivity contribution in [3.05, 3.63) is 35.1 Å². The molecule has 0 aromatic heterocycles. The second-order valence-corrected chi connectivity index (χ2v) is 15.7. The van der Waals surface area contributed by atoms with Crippen molar-refractivity contribution >= 4 is 29.3 Å². The molecule has 0 radical (unpaired) electrons. The smallest absolute Gasteiger partial charge is 0.256 e. The molecule has 1 aromatic carbocycles. The monoisotopic (exact) mass is 739 g/mol. The fourth-order valence-corrected chi connectivity index (χ4v) is 8.23. The maximum atomic E-state index is 14.9. The Hall–Kier alpha value is -3.42. The average molecular weight is 740 g/mol. The van der Waals surface area contributed by atoms with Gasteiger partial charge in [0.1, 0.15) is 5.82 Å². The van der Waals surface area contributed by atoms with Crippen molar-refractivity contribution in [3.63, 3.8) is 0 Å². The lowest BCUT2D eigenvalue weighted by Gasteiger charge is -2.40. The van der Waals surface area contributed by atoms with Crippen LogP contribution in [0, 0.1) is 17.7 Å². The van der Waals surface area contributed by atoms with E-state index in [9.17, 15) is 23.6 Å². The van der Waals surface area contributed by atoms with Gasteiger partial charge in [0.2, 0.25) is 17.7 Å². The van der Waals surface area contributed by atoms with E-state index in [1.165, 1.54) is 32.3 Å². The lowest BCUT2D eigenvalue weighted by molar-refractivity contribution is -0.140. The Kier molecular flexibility index (Phi) is 15.2. The van der Waals surface area contributed by atoms with Crippen molar-refractivity contribution in [1.82, 2.24) is 30.3 Å². The molecule has 4 fully saturated rings. The van der Waals surface area contributed by atoms with E-state index in [-0.39, 0.29) is 47.5 Å². The largest absolute Gasteiger partial charge is 0.375 e. The zero-order valence-corrected chi connectivity index (χ0v) is 32.4. The molecule has 4 aliphatic rings. The van der Waals surface area contributed by atoms with Crippen molar-refractivity contribution in [1.29, 1.82) is 0 Å². The lowest BCUT2D eigenvalue weighted by atomic mass is 9.83. The minimum Gasteiger partial charge on any atom is -0.375 e. The van der Waals surface area contributed by atoms with Gasteiger partial charge in [-0.1, -0.05) is 46.1 Å². The van der Waals surface area contributed by atoms with E-state index >= 15 is 0 Å². The Bertz CT molecular complexity index is 1430. The lowest BCUT2D eigenvalue weighted by Crippen LogP contribution is -2.54. The third-order valence-electron chi connectivity index (χ3n) is 11.4. The number of rotatable bonds is 13. The summed E-state index contributed by atoms with van der Waals surface area (Å²) in [5.74, 6) is -0.431. The molecule has 4 amide bonds. The summed E-state index contributed by atoms with van der Waals surface area (Å²) >= 11 is 0. The van der Waals surface area contributed by atoms with Gasteiger partial charge < -0.3 is 24.8 Å². The average Bonchev–Trinajstić information content (AvgIpc) is 3.17. The zero-order chi connectivity index (χ0) is 37.9. The van der Waals surface area contributed by atoms with Crippen molar-refractivity contribution in [2.75, 3.05) is 65.4 Å². The van der Waals surface area contributed by atoms with E-state index in [1.807, 2.05) is 13.8 Å². The molecule has 294 valence electrons. The van der Waals surface area contributed by atoms with Gasteiger partial charge in [-0.2, -0.15) is 5.10 Å². The number of nitrogens with one attached hydrogen (secondary N) is 2. The number of benzene rings is 1. The minimum atomic E-state index is -0.585. The highest BCUT2D eigenvalue weighted by Crippen LogP contribution is 2.29. The molecule has 3 heterocycles. The minimum absolute atomic E-state index is 0.00149. The van der Waals surface area contributed by atoms with Crippen LogP contribution in [-0.4, -0.2) is 133 Å². The van der Waals surface area contributed by atoms with Crippen LogP contribution in [0.1, 0.15) is 101 Å². The molecule has 2 N–H and O–H groups in total. The molecule has 12 nitrogen and oxygen atoms in total. The molecule has 1 saturated carbocycles. The fourth-order valence-electron chi connectivity index (χ4n) is 8.23. The quantitative estimate of drug-likeness (QED) is 0.233. The van der Waals surface area contributed by atoms with Gasteiger partial charge in [0, 0.05) is 71.4 Å². The third-order valence-corrected chi connectivity index (χ3v) is 11.4. The summed E-state index contributed by atoms with van der Waals surface area (Å²) in [6, 6.07) is 4.45. The summed E-state index contributed by atoms with van der Waals surface area (Å²) < 4.78 is 21.4. The van der Waals surface area contributed by atoms with E-state index < -0.39 is 11.7 Å². The van der Waals surface area contributed by atoms with Gasteiger partial charge in [-0.3, -0.25) is 24.1 Å². The first-order valence-corrected chi connectivity index (χ1v) is 20.1. The van der Waals surface area contributed by atoms with Crippen molar-refractivity contribution in [2.45, 2.75) is 110 Å². The maximum Gasteiger partial charge on any atom is 0.256 e. The Morgan fingerprint density at radius 1 is 0.849 bits per heavy atom. The molecular formula is C40H62FN7O5. The van der Waals surface area contributed by atoms with Gasteiger partial charge in [0.25, 0.3) is 5.91 Å². The first-order valence-electron chi connectivity index (χ1n) is 20.1. The Morgan fingerprint density at radius 3 is 2.08 bits per heavy atom. The number of hydrogen-bond acceptors (Lipinski definition) is 8. The number of halogens is 1. The summed E-state index contributed by atoms with van der Waals surface area (Å²) in [5, 5.41) is 7.69. The molecule has 53 heavy (non-hydrogen) atoms. The Balaban J connectivity index is 1.01. The van der Waals surface area contributed by atoms with Crippen LogP contribution in [0.15, 0.2) is 23.3 Å². The summed E-state index contributed by atoms with van der Waals surface area (Å²) in [4.78, 5) is 59.1. The van der Waals surface area contributed by atoms with Crippen molar-refractivity contribution < 1.29 is 28.3 Å². The van der Waals surface area contributed by atoms with Gasteiger partial charge in [-0.25, -0.2) is 9.82 Å². The van der Waals surface area contributed by atoms with E-state index in [0.717, 1.165) is 82.5 Å². The number of piperazine rings is 1. The normalized spacial score (nSPS) is 20.9. The molecule has 0 spiro atoms. The van der Waals surface area contributed by atoms with Crippen molar-refractivity contribution in [2.24, 2.45) is 16.9 Å². The molecule has 1 aromatic rings. The molecule has 0 bridgehead atoms. The Morgan fingerprint density at radius 2 is 1.47 bits per heavy atom. The number of nitrogens with zero attached hydrogens (tertiary/aromatic N) is 5. The van der Waals surface area contributed by atoms with Crippen LogP contribution in [0.3, 0.4) is 0 Å². The molecule has 1 unspecified atom stereocenters. The molecule has 3 aliphatic heterocycles. The van der Waals surface area contributed by atoms with E-state index in [1.54, 1.807) is 21.9 Å². The summed E-state index contributed by atoms with van der Waals surface area (Å²) in [6.45, 7) is 13.1. The zero-order valence-electron chi connectivity index (χ0n) is 32.4. The highest BCUT2D eigenvalue weighted by molar-refractivity contribution is 5.96. The number of piperidine rings is 2. The summed E-state index contributed by atoms with van der Waals surface area (Å²) in [5.41, 5.74) is 3.93. The standard InChI is InChI=1S/C40H62FN7O5/c1-5-42-38(31-9-7-6-8-10-31)40(52)47-19-15-33(16-20-47)53-32-13-17-45(18-14-32)27-37(50)46-21-23-48(24-22-46)39(51)34-25-30(11-12-35(34)41)26-36(28(2)3)44-43-29(4)49/h11-12,25,28,31-33,38,42H,5-10,13-24,26-27H2,1-4H3,(H,43,49)/b44-36-. The number of ether oxygens (including phenoxy) is 1. The highest BCUT2D eigenvalue weighted by atomic mass is 19.1. The van der Waals surface area contributed by atoms with E-state index in [0.29, 0.717) is 45.1 Å². The molecule has 1 aliphatic carbocycles. The predicted molar refractivity (Wildman–Crippen MR) is 203 cm³/mol. The molecular weight excluding hydrogens is 677 g/mol. The Labute approximate surface area is 315 Å². The molecule has 1 atom stereocenters. The van der Waals surface area contributed by atoms with Crippen LogP contribution in [0.5, 0.6) is 0 Å². The number of carbonyl (C=O) groups is 4. The molecule has 5 rings (SSSR count). The maximum absolute atomic E-state index is 14.9. The van der Waals surface area contributed by atoms with Gasteiger partial charge in [-0.15, -0.1) is 0 Å². The highest BCUT2D eigenvalue weighted by Gasteiger charge is 2.35. The number of likely N-dealkylation sites (N-methyl/N-ethyl adjacent to an activating group) is 1. The molecule has 3 saturated heterocycles. The van der Waals surface area contributed by atoms with Gasteiger partial charge in [0.05, 0.1) is 30.4 Å². The van der Waals surface area contributed by atoms with Crippen LogP contribution in [0.2, 0.25) is 0 Å². The van der Waals surface area contributed by atoms with Crippen molar-refractivity contribution in [3.8, 4) is 0 Å². The SMILES string of the molecule is CCNC(C(=O)N1CCC(OC2CCN(CC(=O)N3CCN(C(=O)c4cc(C/C(=N/NC(C)=O)C(C)C)ccc4F)CC3)CC2)CC1)C1CCCCC1. The summed E-state index contributed by atoms with van der Waals surface area (Å²) in [6.07, 6.45) is 10.2. The van der Waals surface area contributed by atoms with Crippen LogP contribution < -0.4 is 10.7 Å². The van der Waals surface area contributed by atoms with Crippen LogP contribution in [0.25, 0.3) is 0 Å². The summed E-state index contributed by atoms with van der Waals surface area (Å²) in [7, 11) is 0.